The number of amides is 1. The average molecular weight is 423 g/mol. The molecule has 0 saturated carbocycles. The number of para-hydroxylation sites is 1. The minimum absolute atomic E-state index is 0.0136. The molecule has 0 saturated heterocycles. The molecule has 0 fully saturated rings. The predicted molar refractivity (Wildman–Crippen MR) is 109 cm³/mol. The monoisotopic (exact) mass is 423 g/mol. The van der Waals surface area contributed by atoms with E-state index in [1.54, 1.807) is 18.2 Å². The van der Waals surface area contributed by atoms with Crippen LogP contribution in [0.1, 0.15) is 28.0 Å². The number of fused-ring (bicyclic) bond motifs is 2. The largest absolute Gasteiger partial charge is 0.493 e. The summed E-state index contributed by atoms with van der Waals surface area (Å²) in [6, 6.07) is 15.6. The van der Waals surface area contributed by atoms with Crippen LogP contribution in [0.5, 0.6) is 5.75 Å². The van der Waals surface area contributed by atoms with Crippen LogP contribution in [-0.4, -0.2) is 27.6 Å². The van der Waals surface area contributed by atoms with Gasteiger partial charge in [-0.15, -0.1) is 0 Å². The second-order valence-corrected chi connectivity index (χ2v) is 8.11. The molecular formula is C22H15F2N3O2S. The van der Waals surface area contributed by atoms with Gasteiger partial charge < -0.3 is 4.74 Å². The van der Waals surface area contributed by atoms with E-state index in [-0.39, 0.29) is 16.3 Å². The Labute approximate surface area is 175 Å². The molecule has 2 aliphatic rings. The number of ether oxygens (including phenoxy) is 1. The van der Waals surface area contributed by atoms with Crippen molar-refractivity contribution in [3.63, 3.8) is 0 Å². The molecule has 1 aromatic heterocycles. The van der Waals surface area contributed by atoms with Crippen molar-refractivity contribution in [3.8, 4) is 5.75 Å². The fourth-order valence-corrected chi connectivity index (χ4v) is 5.03. The summed E-state index contributed by atoms with van der Waals surface area (Å²) in [4.78, 5) is 16.6. The van der Waals surface area contributed by atoms with Crippen LogP contribution in [0.15, 0.2) is 72.0 Å². The molecule has 0 N–H and O–H groups in total. The third-order valence-electron chi connectivity index (χ3n) is 5.04. The maximum atomic E-state index is 14.5. The highest BCUT2D eigenvalue weighted by Crippen LogP contribution is 2.54. The molecule has 3 aromatic rings. The first-order valence-corrected chi connectivity index (χ1v) is 10.1. The Kier molecular flexibility index (Phi) is 4.51. The smallest absolute Gasteiger partial charge is 0.294 e. The van der Waals surface area contributed by atoms with Crippen molar-refractivity contribution in [2.45, 2.75) is 11.3 Å². The molecule has 1 amide bonds. The van der Waals surface area contributed by atoms with Gasteiger partial charge in [-0.3, -0.25) is 9.78 Å². The maximum absolute atomic E-state index is 14.5. The summed E-state index contributed by atoms with van der Waals surface area (Å²) in [6.07, 6.45) is 1.95. The molecule has 30 heavy (non-hydrogen) atoms. The van der Waals surface area contributed by atoms with E-state index in [0.29, 0.717) is 18.8 Å². The number of carbonyl (C=O) groups is 1. The van der Waals surface area contributed by atoms with Crippen molar-refractivity contribution in [2.75, 3.05) is 6.61 Å². The number of thioether (sulfide) groups is 1. The Morgan fingerprint density at radius 2 is 1.93 bits per heavy atom. The van der Waals surface area contributed by atoms with E-state index in [1.165, 1.54) is 23.0 Å². The van der Waals surface area contributed by atoms with Crippen LogP contribution in [0.4, 0.5) is 8.78 Å². The molecule has 8 heteroatoms. The summed E-state index contributed by atoms with van der Waals surface area (Å²) >= 11 is 1.22. The van der Waals surface area contributed by atoms with E-state index in [4.69, 9.17) is 4.74 Å². The quantitative estimate of drug-likeness (QED) is 0.607. The zero-order valence-electron chi connectivity index (χ0n) is 15.6. The van der Waals surface area contributed by atoms with Gasteiger partial charge in [0.25, 0.3) is 5.91 Å². The molecule has 0 aliphatic carbocycles. The van der Waals surface area contributed by atoms with Crippen LogP contribution in [0.2, 0.25) is 0 Å². The van der Waals surface area contributed by atoms with Crippen LogP contribution >= 0.6 is 11.8 Å². The normalized spacial score (nSPS) is 19.9. The zero-order chi connectivity index (χ0) is 20.7. The lowest BCUT2D eigenvalue weighted by Crippen LogP contribution is -2.44. The lowest BCUT2D eigenvalue weighted by atomic mass is 9.98. The molecule has 2 aliphatic heterocycles. The van der Waals surface area contributed by atoms with Gasteiger partial charge in [0.2, 0.25) is 0 Å². The van der Waals surface area contributed by atoms with Crippen molar-refractivity contribution in [3.05, 3.63) is 95.3 Å². The molecule has 5 rings (SSSR count). The molecule has 3 heterocycles. The second-order valence-electron chi connectivity index (χ2n) is 6.84. The van der Waals surface area contributed by atoms with Gasteiger partial charge in [0.05, 0.1) is 6.61 Å². The van der Waals surface area contributed by atoms with Crippen molar-refractivity contribution in [1.29, 1.82) is 0 Å². The minimum atomic E-state index is -0.947. The van der Waals surface area contributed by atoms with E-state index in [0.717, 1.165) is 23.8 Å². The van der Waals surface area contributed by atoms with Crippen LogP contribution in [-0.2, 0) is 4.87 Å². The Morgan fingerprint density at radius 3 is 2.77 bits per heavy atom. The Bertz CT molecular complexity index is 1170. The zero-order valence-corrected chi connectivity index (χ0v) is 16.4. The van der Waals surface area contributed by atoms with Gasteiger partial charge in [-0.2, -0.15) is 5.10 Å². The van der Waals surface area contributed by atoms with Gasteiger partial charge in [0.15, 0.2) is 0 Å². The van der Waals surface area contributed by atoms with Crippen LogP contribution in [0.3, 0.4) is 0 Å². The standard InChI is InChI=1S/C22H15F2N3O2S/c23-14-8-9-17(24)15(13-14)20-26-27(21(28)18-6-3-4-11-25-18)22(30-20)10-12-29-19-7-2-1-5-16(19)22/h1-9,11,13H,10,12H2. The number of nitrogens with zero attached hydrogens (tertiary/aromatic N) is 3. The fraction of sp³-hybridized carbons (Fsp3) is 0.136. The summed E-state index contributed by atoms with van der Waals surface area (Å²) < 4.78 is 34.2. The second kappa shape index (κ2) is 7.21. The van der Waals surface area contributed by atoms with Crippen molar-refractivity contribution >= 4 is 22.7 Å². The highest BCUT2D eigenvalue weighted by atomic mass is 32.2. The lowest BCUT2D eigenvalue weighted by molar-refractivity contribution is 0.0579. The Hall–Kier alpha value is -3.26. The van der Waals surface area contributed by atoms with E-state index >= 15 is 0 Å². The van der Waals surface area contributed by atoms with E-state index in [9.17, 15) is 13.6 Å². The van der Waals surface area contributed by atoms with Crippen molar-refractivity contribution < 1.29 is 18.3 Å². The third kappa shape index (κ3) is 2.95. The number of hydrazone groups is 1. The highest BCUT2D eigenvalue weighted by Gasteiger charge is 2.52. The van der Waals surface area contributed by atoms with Gasteiger partial charge in [0, 0.05) is 23.7 Å². The molecule has 5 nitrogen and oxygen atoms in total. The van der Waals surface area contributed by atoms with Gasteiger partial charge >= 0.3 is 0 Å². The van der Waals surface area contributed by atoms with Crippen LogP contribution < -0.4 is 4.74 Å². The van der Waals surface area contributed by atoms with Gasteiger partial charge in [-0.05, 0) is 36.4 Å². The van der Waals surface area contributed by atoms with E-state index < -0.39 is 22.4 Å². The molecule has 1 unspecified atom stereocenters. The average Bonchev–Trinajstić information content (AvgIpc) is 3.15. The molecule has 2 aromatic carbocycles. The summed E-state index contributed by atoms with van der Waals surface area (Å²) in [5.74, 6) is -0.978. The Morgan fingerprint density at radius 1 is 1.10 bits per heavy atom. The molecule has 1 atom stereocenters. The summed E-state index contributed by atoms with van der Waals surface area (Å²) in [7, 11) is 0. The van der Waals surface area contributed by atoms with E-state index in [2.05, 4.69) is 10.1 Å². The number of carbonyl (C=O) groups excluding carboxylic acids is 1. The number of halogens is 2. The number of hydrogen-bond donors (Lipinski definition) is 0. The molecular weight excluding hydrogens is 408 g/mol. The number of benzene rings is 2. The molecule has 1 spiro atoms. The molecule has 150 valence electrons. The van der Waals surface area contributed by atoms with Crippen LogP contribution in [0, 0.1) is 11.6 Å². The topological polar surface area (TPSA) is 54.8 Å². The number of hydrogen-bond acceptors (Lipinski definition) is 5. The van der Waals surface area contributed by atoms with Crippen LogP contribution in [0.25, 0.3) is 0 Å². The third-order valence-corrected chi connectivity index (χ3v) is 6.47. The maximum Gasteiger partial charge on any atom is 0.294 e. The van der Waals surface area contributed by atoms with Crippen molar-refractivity contribution in [1.82, 2.24) is 9.99 Å². The summed E-state index contributed by atoms with van der Waals surface area (Å²) in [5.41, 5.74) is 0.979. The number of rotatable bonds is 2. The molecule has 0 bridgehead atoms. The summed E-state index contributed by atoms with van der Waals surface area (Å²) in [6.45, 7) is 0.352. The molecule has 0 radical (unpaired) electrons. The summed E-state index contributed by atoms with van der Waals surface area (Å²) in [5, 5.41) is 6.04. The van der Waals surface area contributed by atoms with E-state index in [1.807, 2.05) is 24.3 Å². The highest BCUT2D eigenvalue weighted by molar-refractivity contribution is 8.15. The number of pyridine rings is 1. The van der Waals surface area contributed by atoms with Gasteiger partial charge in [0.1, 0.15) is 33.0 Å². The number of aromatic nitrogens is 1. The van der Waals surface area contributed by atoms with Gasteiger partial charge in [-0.1, -0.05) is 36.0 Å². The first kappa shape index (κ1) is 18.7. The SMILES string of the molecule is O=C(c1ccccn1)N1N=C(c2cc(F)ccc2F)SC12CCOc1ccccc12. The lowest BCUT2D eigenvalue weighted by Gasteiger charge is -2.39. The predicted octanol–water partition coefficient (Wildman–Crippen LogP) is 4.55. The Balaban J connectivity index is 1.68. The minimum Gasteiger partial charge on any atom is -0.493 e. The van der Waals surface area contributed by atoms with Crippen molar-refractivity contribution in [2.24, 2.45) is 5.10 Å². The van der Waals surface area contributed by atoms with Gasteiger partial charge in [-0.25, -0.2) is 13.8 Å². The fourth-order valence-electron chi connectivity index (χ4n) is 3.65. The first-order chi connectivity index (χ1) is 14.6. The first-order valence-electron chi connectivity index (χ1n) is 9.29.